The van der Waals surface area contributed by atoms with E-state index < -0.39 is 0 Å². The lowest BCUT2D eigenvalue weighted by Gasteiger charge is -2.32. The van der Waals surface area contributed by atoms with E-state index in [1.807, 2.05) is 6.07 Å². The number of benzene rings is 2. The predicted molar refractivity (Wildman–Crippen MR) is 225 cm³/mol. The van der Waals surface area contributed by atoms with Crippen molar-refractivity contribution in [3.05, 3.63) is 94.6 Å². The number of halogens is 1. The number of nitrogens with two attached hydrogens (primary N) is 1. The second-order valence-corrected chi connectivity index (χ2v) is 16.4. The molecule has 3 aliphatic carbocycles. The zero-order valence-corrected chi connectivity index (χ0v) is 32.0. The van der Waals surface area contributed by atoms with Crippen LogP contribution >= 0.6 is 12.4 Å². The summed E-state index contributed by atoms with van der Waals surface area (Å²) in [6.07, 6.45) is 16.0. The molecule has 3 saturated carbocycles. The monoisotopic (exact) mass is 747 g/mol. The lowest BCUT2D eigenvalue weighted by molar-refractivity contribution is -0.121. The summed E-state index contributed by atoms with van der Waals surface area (Å²) in [5.41, 5.74) is 8.66. The zero-order valence-electron chi connectivity index (χ0n) is 31.2. The molecule has 2 aromatic rings. The minimum Gasteiger partial charge on any atom is -0.325 e. The number of likely N-dealkylation sites (tertiary alicyclic amines) is 2. The van der Waals surface area contributed by atoms with E-state index in [-0.39, 0.29) is 43.9 Å². The van der Waals surface area contributed by atoms with Crippen molar-refractivity contribution in [2.24, 2.45) is 17.6 Å². The molecule has 294 valence electrons. The Bertz CT molecular complexity index is 1380. The van der Waals surface area contributed by atoms with Crippen molar-refractivity contribution in [2.75, 3.05) is 39.3 Å². The number of hydrogen-bond donors (Lipinski definition) is 2. The van der Waals surface area contributed by atoms with Crippen molar-refractivity contribution in [1.82, 2.24) is 15.1 Å². The second-order valence-electron chi connectivity index (χ2n) is 16.4. The van der Waals surface area contributed by atoms with Gasteiger partial charge in [-0.05, 0) is 94.6 Å². The van der Waals surface area contributed by atoms with E-state index in [1.165, 1.54) is 95.1 Å². The van der Waals surface area contributed by atoms with Crippen molar-refractivity contribution in [3.63, 3.8) is 0 Å². The van der Waals surface area contributed by atoms with Crippen LogP contribution in [0, 0.1) is 25.0 Å². The van der Waals surface area contributed by atoms with E-state index in [1.54, 1.807) is 0 Å². The molecule has 8 heteroatoms. The highest BCUT2D eigenvalue weighted by atomic mass is 35.5. The third-order valence-corrected chi connectivity index (χ3v) is 11.6. The average molecular weight is 748 g/mol. The van der Waals surface area contributed by atoms with Gasteiger partial charge in [-0.2, -0.15) is 0 Å². The first-order chi connectivity index (χ1) is 24.2. The highest BCUT2D eigenvalue weighted by molar-refractivity contribution is 5.85. The van der Waals surface area contributed by atoms with Gasteiger partial charge in [-0.25, -0.2) is 13.1 Å². The van der Waals surface area contributed by atoms with Crippen LogP contribution in [0.5, 0.6) is 0 Å². The molecule has 0 spiro atoms. The maximum Gasteiger partial charge on any atom is 0.233 e. The van der Waals surface area contributed by atoms with Gasteiger partial charge in [0.1, 0.15) is 5.78 Å². The van der Waals surface area contributed by atoms with Crippen molar-refractivity contribution in [1.29, 1.82) is 0 Å². The molecule has 3 saturated heterocycles. The Labute approximate surface area is 329 Å². The van der Waals surface area contributed by atoms with Gasteiger partial charge in [-0.1, -0.05) is 75.5 Å². The fourth-order valence-electron chi connectivity index (χ4n) is 7.36. The van der Waals surface area contributed by atoms with Gasteiger partial charge in [-0.3, -0.25) is 14.6 Å². The summed E-state index contributed by atoms with van der Waals surface area (Å²) in [7, 11) is 0. The van der Waals surface area contributed by atoms with Gasteiger partial charge in [-0.15, -0.1) is 12.4 Å². The van der Waals surface area contributed by atoms with Gasteiger partial charge in [0, 0.05) is 83.1 Å². The predicted octanol–water partition coefficient (Wildman–Crippen LogP) is 9.61. The highest BCUT2D eigenvalue weighted by Gasteiger charge is 2.52. The molecule has 3 N–H and O–H groups in total. The fourth-order valence-corrected chi connectivity index (χ4v) is 7.36. The zero-order chi connectivity index (χ0) is 35.3. The van der Waals surface area contributed by atoms with Crippen molar-refractivity contribution in [3.8, 4) is 0 Å². The van der Waals surface area contributed by atoms with E-state index in [2.05, 4.69) is 86.3 Å². The van der Waals surface area contributed by atoms with Crippen molar-refractivity contribution < 1.29 is 4.79 Å². The lowest BCUT2D eigenvalue weighted by Crippen LogP contribution is -2.34. The third kappa shape index (κ3) is 17.1. The maximum absolute atomic E-state index is 11.0. The number of carbonyl (C=O) groups is 1. The quantitative estimate of drug-likeness (QED) is 0.264. The Morgan fingerprint density at radius 2 is 1.06 bits per heavy atom. The Hall–Kier alpha value is -2.78. The van der Waals surface area contributed by atoms with Crippen LogP contribution in [0.4, 0.5) is 0 Å². The summed E-state index contributed by atoms with van der Waals surface area (Å²) in [4.78, 5) is 23.5. The maximum atomic E-state index is 11.0. The Balaban J connectivity index is 0.000000256. The van der Waals surface area contributed by atoms with Crippen LogP contribution in [0.15, 0.2) is 60.7 Å². The molecule has 6 fully saturated rings. The van der Waals surface area contributed by atoms with E-state index in [4.69, 9.17) is 18.9 Å². The van der Waals surface area contributed by atoms with Crippen LogP contribution in [-0.4, -0.2) is 71.5 Å². The molecule has 0 aromatic heterocycles. The number of piperidine rings is 3. The topological polar surface area (TPSA) is 70.3 Å². The second kappa shape index (κ2) is 22.6. The SMILES string of the molecule is C.C.CC1(N)CC1.Cl.O=C1CCN(Cc2ccccc2)CC1.[C-]#[N+]C1(CC2CCN(Cc3ccccc3)CC2)CC1.[C-]#[N+]C1(CC2CCNCC2)CC1. The fraction of sp³-hybridized carbons (Fsp3) is 0.667. The van der Waals surface area contributed by atoms with Gasteiger partial charge < -0.3 is 20.7 Å². The standard InChI is InChI=1S/C17H22N2.C12H15NO.C10H16N2.C4H9N.2CH4.ClH/c1-18-17(9-10-17)13-15-7-11-19(12-8-15)14-16-5-3-2-4-6-16;14-12-6-8-13(9-7-12)10-11-4-2-1-3-5-11;1-11-10(4-5-10)8-9-2-6-12-7-3-9;1-4(5)2-3-4;;;/h2-6,15H,7-14H2;1-5H,6-10H2;9,12H,2-8H2;2-3,5H2,1H3;2*1H4;1H. The van der Waals surface area contributed by atoms with E-state index >= 15 is 0 Å². The number of nitrogens with zero attached hydrogens (tertiary/aromatic N) is 4. The third-order valence-electron chi connectivity index (χ3n) is 11.6. The molecule has 3 heterocycles. The van der Waals surface area contributed by atoms with Crippen molar-refractivity contribution in [2.45, 2.75) is 141 Å². The molecular formula is C45H71ClN6O. The first-order valence-electron chi connectivity index (χ1n) is 19.5. The van der Waals surface area contributed by atoms with E-state index in [9.17, 15) is 4.79 Å². The van der Waals surface area contributed by atoms with Crippen molar-refractivity contribution >= 4 is 18.2 Å². The minimum atomic E-state index is 0. The summed E-state index contributed by atoms with van der Waals surface area (Å²) in [6.45, 7) is 25.1. The first kappa shape index (κ1) is 46.4. The van der Waals surface area contributed by atoms with Crippen LogP contribution < -0.4 is 11.1 Å². The normalized spacial score (nSPS) is 22.2. The number of nitrogens with one attached hydrogen (secondary N) is 1. The van der Waals surface area contributed by atoms with Gasteiger partial charge in [0.15, 0.2) is 0 Å². The number of Topliss-reactive ketones (excluding diaryl/α,β-unsaturated/α-hetero) is 1. The Morgan fingerprint density at radius 3 is 1.42 bits per heavy atom. The molecule has 0 amide bonds. The summed E-state index contributed by atoms with van der Waals surface area (Å²) >= 11 is 0. The average Bonchev–Trinajstić information content (AvgIpc) is 4.09. The van der Waals surface area contributed by atoms with E-state index in [0.717, 1.165) is 70.1 Å². The molecule has 7 nitrogen and oxygen atoms in total. The van der Waals surface area contributed by atoms with Gasteiger partial charge in [0.2, 0.25) is 11.1 Å². The molecular weight excluding hydrogens is 676 g/mol. The molecule has 0 bridgehead atoms. The molecule has 53 heavy (non-hydrogen) atoms. The van der Waals surface area contributed by atoms with Crippen LogP contribution in [0.25, 0.3) is 9.69 Å². The van der Waals surface area contributed by atoms with Gasteiger partial charge in [0.05, 0.1) is 0 Å². The highest BCUT2D eigenvalue weighted by Crippen LogP contribution is 2.47. The summed E-state index contributed by atoms with van der Waals surface area (Å²) in [6, 6.07) is 21.2. The van der Waals surface area contributed by atoms with Gasteiger partial charge in [0.25, 0.3) is 0 Å². The van der Waals surface area contributed by atoms with Crippen LogP contribution in [0.2, 0.25) is 0 Å². The molecule has 0 atom stereocenters. The largest absolute Gasteiger partial charge is 0.325 e. The van der Waals surface area contributed by atoms with Crippen LogP contribution in [-0.2, 0) is 17.9 Å². The molecule has 6 aliphatic rings. The molecule has 0 unspecified atom stereocenters. The lowest BCUT2D eigenvalue weighted by atomic mass is 9.89. The van der Waals surface area contributed by atoms with Crippen LogP contribution in [0.3, 0.4) is 0 Å². The molecule has 2 aromatic carbocycles. The van der Waals surface area contributed by atoms with E-state index in [0.29, 0.717) is 5.78 Å². The summed E-state index contributed by atoms with van der Waals surface area (Å²) < 4.78 is 0. The summed E-state index contributed by atoms with van der Waals surface area (Å²) in [5.74, 6) is 2.04. The Kier molecular flexibility index (Phi) is 19.7. The summed E-state index contributed by atoms with van der Waals surface area (Å²) in [5, 5.41) is 3.36. The number of ketones is 1. The number of rotatable bonds is 8. The first-order valence-corrected chi connectivity index (χ1v) is 19.5. The molecule has 3 aliphatic heterocycles. The Morgan fingerprint density at radius 1 is 0.679 bits per heavy atom. The minimum absolute atomic E-state index is 0. The van der Waals surface area contributed by atoms with Gasteiger partial charge >= 0.3 is 0 Å². The van der Waals surface area contributed by atoms with Crippen LogP contribution in [0.1, 0.15) is 123 Å². The molecule has 0 radical (unpaired) electrons. The number of carbonyl (C=O) groups excluding carboxylic acids is 1. The number of hydrogen-bond acceptors (Lipinski definition) is 5. The smallest absolute Gasteiger partial charge is 0.233 e. The molecule has 8 rings (SSSR count).